The van der Waals surface area contributed by atoms with Crippen molar-refractivity contribution in [3.8, 4) is 0 Å². The maximum Gasteiger partial charge on any atom is 0.313 e. The van der Waals surface area contributed by atoms with E-state index >= 15 is 0 Å². The third-order valence-corrected chi connectivity index (χ3v) is 4.98. The van der Waals surface area contributed by atoms with Crippen molar-refractivity contribution in [2.75, 3.05) is 32.8 Å². The van der Waals surface area contributed by atoms with Crippen molar-refractivity contribution in [2.24, 2.45) is 5.41 Å². The summed E-state index contributed by atoms with van der Waals surface area (Å²) in [5.74, 6) is -0.885. The van der Waals surface area contributed by atoms with Gasteiger partial charge in [0.1, 0.15) is 5.41 Å². The molecule has 24 heavy (non-hydrogen) atoms. The Hall–Kier alpha value is -1.43. The number of hydrogen-bond acceptors (Lipinski definition) is 4. The zero-order valence-corrected chi connectivity index (χ0v) is 14.5. The first-order valence-electron chi connectivity index (χ1n) is 8.84. The Morgan fingerprint density at radius 1 is 1.38 bits per heavy atom. The zero-order chi connectivity index (χ0) is 17.4. The molecule has 2 N–H and O–H groups in total. The highest BCUT2D eigenvalue weighted by molar-refractivity contribution is 5.76. The van der Waals surface area contributed by atoms with Crippen molar-refractivity contribution in [3.05, 3.63) is 35.9 Å². The number of hydrogen-bond donors (Lipinski definition) is 2. The molecule has 5 heteroatoms. The molecule has 0 spiro atoms. The van der Waals surface area contributed by atoms with E-state index in [-0.39, 0.29) is 0 Å². The number of carboxylic acid groups (broad SMARTS) is 1. The number of carboxylic acids is 1. The van der Waals surface area contributed by atoms with E-state index in [1.54, 1.807) is 0 Å². The molecule has 1 aromatic carbocycles. The van der Waals surface area contributed by atoms with Crippen molar-refractivity contribution in [2.45, 2.75) is 38.7 Å². The van der Waals surface area contributed by atoms with Crippen molar-refractivity contribution in [1.82, 2.24) is 4.90 Å². The third-order valence-electron chi connectivity index (χ3n) is 4.98. The van der Waals surface area contributed by atoms with Gasteiger partial charge >= 0.3 is 5.97 Å². The van der Waals surface area contributed by atoms with Crippen molar-refractivity contribution >= 4 is 5.97 Å². The fourth-order valence-corrected chi connectivity index (χ4v) is 3.51. The first kappa shape index (κ1) is 18.9. The lowest BCUT2D eigenvalue weighted by Crippen LogP contribution is -2.56. The molecule has 2 rings (SSSR count). The number of aryl methyl sites for hydroxylation is 1. The minimum Gasteiger partial charge on any atom is -0.481 e. The van der Waals surface area contributed by atoms with Gasteiger partial charge in [-0.1, -0.05) is 30.3 Å². The molecule has 0 amide bonds. The van der Waals surface area contributed by atoms with Crippen LogP contribution in [0.3, 0.4) is 0 Å². The smallest absolute Gasteiger partial charge is 0.313 e. The van der Waals surface area contributed by atoms with Crippen molar-refractivity contribution in [3.63, 3.8) is 0 Å². The van der Waals surface area contributed by atoms with E-state index < -0.39 is 17.5 Å². The summed E-state index contributed by atoms with van der Waals surface area (Å²) in [5, 5.41) is 20.3. The number of nitrogens with zero attached hydrogens (tertiary/aromatic N) is 1. The predicted octanol–water partition coefficient (Wildman–Crippen LogP) is 2.18. The van der Waals surface area contributed by atoms with Gasteiger partial charge in [0.15, 0.2) is 0 Å². The second-order valence-electron chi connectivity index (χ2n) is 6.58. The number of ether oxygens (including phenoxy) is 1. The van der Waals surface area contributed by atoms with Crippen LogP contribution >= 0.6 is 0 Å². The van der Waals surface area contributed by atoms with E-state index in [0.29, 0.717) is 39.1 Å². The van der Waals surface area contributed by atoms with Crippen LogP contribution in [-0.2, 0) is 16.0 Å². The van der Waals surface area contributed by atoms with Crippen LogP contribution in [0.1, 0.15) is 31.7 Å². The minimum absolute atomic E-state index is 0.394. The molecule has 1 aromatic rings. The number of aliphatic hydroxyl groups excluding tert-OH is 1. The van der Waals surface area contributed by atoms with E-state index in [0.717, 1.165) is 19.4 Å². The molecule has 1 saturated heterocycles. The molecular formula is C19H29NO4. The number of rotatable bonds is 9. The summed E-state index contributed by atoms with van der Waals surface area (Å²) in [7, 11) is 0. The molecule has 1 fully saturated rings. The Morgan fingerprint density at radius 3 is 2.79 bits per heavy atom. The maximum absolute atomic E-state index is 12.0. The molecule has 1 heterocycles. The highest BCUT2D eigenvalue weighted by Gasteiger charge is 2.48. The Morgan fingerprint density at radius 2 is 2.12 bits per heavy atom. The Bertz CT molecular complexity index is 507. The molecule has 134 valence electrons. The summed E-state index contributed by atoms with van der Waals surface area (Å²) >= 11 is 0. The third kappa shape index (κ3) is 4.79. The first-order valence-corrected chi connectivity index (χ1v) is 8.84. The molecule has 0 unspecified atom stereocenters. The average molecular weight is 335 g/mol. The normalized spacial score (nSPS) is 24.8. The quantitative estimate of drug-likeness (QED) is 0.677. The number of piperidine rings is 1. The van der Waals surface area contributed by atoms with Gasteiger partial charge in [-0.3, -0.25) is 9.69 Å². The highest BCUT2D eigenvalue weighted by atomic mass is 16.5. The Labute approximate surface area is 144 Å². The Balaban J connectivity index is 1.97. The van der Waals surface area contributed by atoms with Gasteiger partial charge in [-0.05, 0) is 38.2 Å². The van der Waals surface area contributed by atoms with E-state index in [9.17, 15) is 15.0 Å². The molecular weight excluding hydrogens is 306 g/mol. The SMILES string of the molecule is CCOCCN1CC[C@H](O)[C@](CCCc2ccccc2)(C(=O)O)C1. The summed E-state index contributed by atoms with van der Waals surface area (Å²) in [6.45, 7) is 5.05. The fourth-order valence-electron chi connectivity index (χ4n) is 3.51. The predicted molar refractivity (Wildman–Crippen MR) is 93.0 cm³/mol. The van der Waals surface area contributed by atoms with Crippen LogP contribution in [0.5, 0.6) is 0 Å². The van der Waals surface area contributed by atoms with Crippen LogP contribution in [0.15, 0.2) is 30.3 Å². The molecule has 0 saturated carbocycles. The topological polar surface area (TPSA) is 70.0 Å². The van der Waals surface area contributed by atoms with Gasteiger partial charge in [0.25, 0.3) is 0 Å². The van der Waals surface area contributed by atoms with Crippen LogP contribution in [0.25, 0.3) is 0 Å². The summed E-state index contributed by atoms with van der Waals surface area (Å²) in [6.07, 6.45) is 1.80. The lowest BCUT2D eigenvalue weighted by atomic mass is 9.73. The molecule has 0 radical (unpaired) electrons. The van der Waals surface area contributed by atoms with Gasteiger partial charge < -0.3 is 14.9 Å². The second-order valence-corrected chi connectivity index (χ2v) is 6.58. The number of likely N-dealkylation sites (tertiary alicyclic amines) is 1. The van der Waals surface area contributed by atoms with Crippen molar-refractivity contribution in [1.29, 1.82) is 0 Å². The molecule has 0 aliphatic carbocycles. The van der Waals surface area contributed by atoms with Crippen LogP contribution < -0.4 is 0 Å². The minimum atomic E-state index is -1.07. The lowest BCUT2D eigenvalue weighted by Gasteiger charge is -2.43. The van der Waals surface area contributed by atoms with Gasteiger partial charge in [-0.25, -0.2) is 0 Å². The molecule has 0 bridgehead atoms. The van der Waals surface area contributed by atoms with Crippen LogP contribution in [0, 0.1) is 5.41 Å². The van der Waals surface area contributed by atoms with E-state index in [4.69, 9.17) is 4.74 Å². The summed E-state index contributed by atoms with van der Waals surface area (Å²) < 4.78 is 5.38. The summed E-state index contributed by atoms with van der Waals surface area (Å²) in [5.41, 5.74) is 0.135. The van der Waals surface area contributed by atoms with Gasteiger partial charge in [0.2, 0.25) is 0 Å². The van der Waals surface area contributed by atoms with Crippen LogP contribution in [-0.4, -0.2) is 60.0 Å². The van der Waals surface area contributed by atoms with Crippen molar-refractivity contribution < 1.29 is 19.7 Å². The number of benzene rings is 1. The Kier molecular flexibility index (Phi) is 7.21. The number of carbonyl (C=O) groups is 1. The van der Waals surface area contributed by atoms with Gasteiger partial charge in [0, 0.05) is 26.2 Å². The first-order chi connectivity index (χ1) is 11.6. The molecule has 1 aliphatic rings. The van der Waals surface area contributed by atoms with Crippen LogP contribution in [0.4, 0.5) is 0 Å². The standard InChI is InChI=1S/C19H29NO4/c1-2-24-14-13-20-12-10-17(21)19(15-20,18(22)23)11-6-9-16-7-4-3-5-8-16/h3-5,7-8,17,21H,2,6,9-15H2,1H3,(H,22,23)/t17-,19+/m0/s1. The number of aliphatic hydroxyl groups is 1. The number of aliphatic carboxylic acids is 1. The van der Waals surface area contributed by atoms with E-state index in [1.807, 2.05) is 25.1 Å². The maximum atomic E-state index is 12.0. The van der Waals surface area contributed by atoms with Gasteiger partial charge in [-0.2, -0.15) is 0 Å². The van der Waals surface area contributed by atoms with E-state index in [1.165, 1.54) is 5.56 Å². The lowest BCUT2D eigenvalue weighted by molar-refractivity contribution is -0.164. The fraction of sp³-hybridized carbons (Fsp3) is 0.632. The molecule has 1 aliphatic heterocycles. The zero-order valence-electron chi connectivity index (χ0n) is 14.5. The highest BCUT2D eigenvalue weighted by Crippen LogP contribution is 2.36. The molecule has 0 aromatic heterocycles. The monoisotopic (exact) mass is 335 g/mol. The van der Waals surface area contributed by atoms with Gasteiger partial charge in [0.05, 0.1) is 12.7 Å². The second kappa shape index (κ2) is 9.16. The van der Waals surface area contributed by atoms with Crippen LogP contribution in [0.2, 0.25) is 0 Å². The largest absolute Gasteiger partial charge is 0.481 e. The molecule has 5 nitrogen and oxygen atoms in total. The van der Waals surface area contributed by atoms with E-state index in [2.05, 4.69) is 17.0 Å². The molecule has 2 atom stereocenters. The van der Waals surface area contributed by atoms with Gasteiger partial charge in [-0.15, -0.1) is 0 Å². The average Bonchev–Trinajstić information content (AvgIpc) is 2.58. The summed E-state index contributed by atoms with van der Waals surface area (Å²) in [6, 6.07) is 10.1. The summed E-state index contributed by atoms with van der Waals surface area (Å²) in [4.78, 5) is 14.1.